The molecular weight excluding hydrogens is 823 g/mol. The van der Waals surface area contributed by atoms with E-state index in [9.17, 15) is 41.6 Å². The summed E-state index contributed by atoms with van der Waals surface area (Å²) in [5, 5.41) is 12.6. The normalized spacial score (nSPS) is 33.6. The largest absolute Gasteiger partial charge is 0.474 e. The van der Waals surface area contributed by atoms with Gasteiger partial charge in [0.25, 0.3) is 5.92 Å². The van der Waals surface area contributed by atoms with Gasteiger partial charge in [0.15, 0.2) is 5.78 Å². The number of carbonyl (C=O) groups is 4. The number of fused-ring (bicyclic) bond motifs is 5. The summed E-state index contributed by atoms with van der Waals surface area (Å²) >= 11 is 0. The minimum absolute atomic E-state index is 0.0483. The van der Waals surface area contributed by atoms with Crippen molar-refractivity contribution in [3.05, 3.63) is 35.9 Å². The Kier molecular flexibility index (Phi) is 11.7. The van der Waals surface area contributed by atoms with Crippen LogP contribution in [0.2, 0.25) is 0 Å². The number of ketones is 1. The Morgan fingerprint density at radius 3 is 2.48 bits per heavy atom. The number of rotatable bonds is 8. The Balaban J connectivity index is 1.28. The second-order valence-electron chi connectivity index (χ2n) is 19.1. The zero-order chi connectivity index (χ0) is 44.4. The lowest BCUT2D eigenvalue weighted by molar-refractivity contribution is -0.154. The van der Waals surface area contributed by atoms with E-state index in [4.69, 9.17) is 9.47 Å². The molecule has 1 saturated heterocycles. The molecule has 2 N–H and O–H groups in total. The number of nitrogens with one attached hydrogen (secondary N) is 2. The Morgan fingerprint density at radius 2 is 1.85 bits per heavy atom. The maximum Gasteiger partial charge on any atom is 0.306 e. The van der Waals surface area contributed by atoms with E-state index in [-0.39, 0.29) is 55.3 Å². The van der Waals surface area contributed by atoms with E-state index < -0.39 is 123 Å². The quantitative estimate of drug-likeness (QED) is 0.164. The Labute approximate surface area is 353 Å². The van der Waals surface area contributed by atoms with Crippen molar-refractivity contribution in [2.24, 2.45) is 39.5 Å². The SMILES string of the molecule is CC[C@@H]1[C@@H]2CN(C(=O)[C@H](C(C)(C)C)CC(=O)O[C@@H]3C[C@H]3CC/C=C/C(F)(F)CC3Nc4ccc(C#N)cc4N=C3O2)[C@@H]1C(=O)C[C@]1(C(=O)NS(=O)(=O)C2(C)CC2)C[C@H]1C(F)F. The van der Waals surface area contributed by atoms with Crippen LogP contribution in [0, 0.1) is 45.8 Å². The number of ether oxygens (including phenoxy) is 2. The zero-order valence-electron chi connectivity index (χ0n) is 34.9. The maximum absolute atomic E-state index is 15.7. The fourth-order valence-electron chi connectivity index (χ4n) is 9.13. The number of anilines is 1. The standard InChI is InChI=1S/C43H53F4N5O8S/c1-6-25-33-22-52(35(25)31(53)20-42(18-27(42)36(44)45)39(56)51-61(57,58)41(5)13-14-41)38(55)26(40(2,3)4)17-34(54)59-32-16-24(32)9-7-8-12-43(46,47)19-30-37(60-33)50-29-15-23(21-48)10-11-28(29)49-30/h8,10-12,15,24-27,30,32-33,35-36,49H,6-7,9,13-14,16-20,22H2,1-5H3,(H,51,56)/b12-8+/t24-,25-,26-,27+,30?,32-,33+,35+,42-/m1/s1. The Morgan fingerprint density at radius 1 is 1.13 bits per heavy atom. The lowest BCUT2D eigenvalue weighted by Crippen LogP contribution is -2.50. The fraction of sp³-hybridized carbons (Fsp3) is 0.674. The van der Waals surface area contributed by atoms with Crippen LogP contribution < -0.4 is 10.0 Å². The number of carbonyl (C=O) groups excluding carboxylic acids is 4. The highest BCUT2D eigenvalue weighted by Gasteiger charge is 2.67. The van der Waals surface area contributed by atoms with Crippen LogP contribution in [0.1, 0.15) is 104 Å². The van der Waals surface area contributed by atoms with Gasteiger partial charge in [-0.3, -0.25) is 23.9 Å². The molecule has 9 atom stereocenters. The predicted molar refractivity (Wildman–Crippen MR) is 214 cm³/mol. The van der Waals surface area contributed by atoms with Crippen molar-refractivity contribution in [3.8, 4) is 6.07 Å². The molecule has 0 radical (unpaired) electrons. The second-order valence-corrected chi connectivity index (χ2v) is 21.3. The summed E-state index contributed by atoms with van der Waals surface area (Å²) in [4.78, 5) is 62.8. The van der Waals surface area contributed by atoms with Crippen LogP contribution >= 0.6 is 0 Å². The number of allylic oxidation sites excluding steroid dienone is 2. The van der Waals surface area contributed by atoms with Gasteiger partial charge in [0.05, 0.1) is 58.1 Å². The number of aliphatic imine (C=N–C) groups is 1. The van der Waals surface area contributed by atoms with Gasteiger partial charge in [0.1, 0.15) is 18.2 Å². The maximum atomic E-state index is 15.7. The first-order chi connectivity index (χ1) is 28.5. The summed E-state index contributed by atoms with van der Waals surface area (Å²) < 4.78 is 99.5. The van der Waals surface area contributed by atoms with Crippen LogP contribution in [0.25, 0.3) is 0 Å². The molecule has 3 aliphatic carbocycles. The van der Waals surface area contributed by atoms with Gasteiger partial charge in [0.2, 0.25) is 34.2 Å². The highest BCUT2D eigenvalue weighted by Crippen LogP contribution is 2.59. The summed E-state index contributed by atoms with van der Waals surface area (Å²) in [6, 6.07) is 3.90. The Bertz CT molecular complexity index is 2180. The number of hydrogen-bond donors (Lipinski definition) is 2. The van der Waals surface area contributed by atoms with E-state index in [1.54, 1.807) is 33.8 Å². The summed E-state index contributed by atoms with van der Waals surface area (Å²) in [5.41, 5.74) is -2.12. The molecule has 1 aromatic rings. The van der Waals surface area contributed by atoms with Gasteiger partial charge in [-0.25, -0.2) is 31.0 Å². The molecule has 3 heterocycles. The smallest absolute Gasteiger partial charge is 0.306 e. The van der Waals surface area contributed by atoms with Crippen molar-refractivity contribution in [2.75, 3.05) is 11.9 Å². The lowest BCUT2D eigenvalue weighted by Gasteiger charge is -2.35. The van der Waals surface area contributed by atoms with Crippen molar-refractivity contribution >= 4 is 50.9 Å². The summed E-state index contributed by atoms with van der Waals surface area (Å²) in [6.07, 6.45) is -2.83. The molecule has 1 unspecified atom stereocenters. The van der Waals surface area contributed by atoms with Gasteiger partial charge in [-0.1, -0.05) is 33.8 Å². The molecule has 7 rings (SSSR count). The average molecular weight is 876 g/mol. The minimum atomic E-state index is -4.27. The molecule has 4 fully saturated rings. The third kappa shape index (κ3) is 9.04. The molecule has 1 aromatic carbocycles. The minimum Gasteiger partial charge on any atom is -0.474 e. The van der Waals surface area contributed by atoms with E-state index in [1.165, 1.54) is 30.0 Å². The number of alkyl halides is 4. The highest BCUT2D eigenvalue weighted by molar-refractivity contribution is 7.91. The van der Waals surface area contributed by atoms with Crippen LogP contribution in [0.5, 0.6) is 0 Å². The van der Waals surface area contributed by atoms with Crippen LogP contribution in [0.3, 0.4) is 0 Å². The number of sulfonamides is 1. The molecular formula is C43H53F4N5O8S. The number of hydrogen-bond acceptors (Lipinski definition) is 11. The molecule has 0 aromatic heterocycles. The lowest BCUT2D eigenvalue weighted by atomic mass is 9.77. The van der Waals surface area contributed by atoms with Crippen LogP contribution in [-0.4, -0.2) is 90.7 Å². The van der Waals surface area contributed by atoms with E-state index in [2.05, 4.69) is 10.3 Å². The number of nitrogens with zero attached hydrogens (tertiary/aromatic N) is 3. The average Bonchev–Trinajstić information content (AvgIpc) is 4.13. The highest BCUT2D eigenvalue weighted by atomic mass is 32.2. The van der Waals surface area contributed by atoms with Crippen molar-refractivity contribution < 1.29 is 54.6 Å². The Hall–Kier alpha value is -4.53. The summed E-state index contributed by atoms with van der Waals surface area (Å²) in [7, 11) is -4.27. The van der Waals surface area contributed by atoms with Crippen LogP contribution in [0.15, 0.2) is 35.3 Å². The van der Waals surface area contributed by atoms with Crippen LogP contribution in [0.4, 0.5) is 28.9 Å². The second kappa shape index (κ2) is 16.0. The molecule has 13 nitrogen and oxygen atoms in total. The topological polar surface area (TPSA) is 184 Å². The molecule has 332 valence electrons. The third-order valence-electron chi connectivity index (χ3n) is 13.5. The first-order valence-corrected chi connectivity index (χ1v) is 22.5. The van der Waals surface area contributed by atoms with Crippen molar-refractivity contribution in [3.63, 3.8) is 0 Å². The van der Waals surface area contributed by atoms with E-state index in [0.29, 0.717) is 24.9 Å². The molecule has 3 saturated carbocycles. The van der Waals surface area contributed by atoms with Crippen molar-refractivity contribution in [1.82, 2.24) is 9.62 Å². The number of Topliss-reactive ketones (excluding diaryl/α,β-unsaturated/α-hetero) is 1. The van der Waals surface area contributed by atoms with Gasteiger partial charge in [-0.2, -0.15) is 5.26 Å². The first-order valence-electron chi connectivity index (χ1n) is 21.0. The van der Waals surface area contributed by atoms with Gasteiger partial charge in [-0.05, 0) is 87.5 Å². The monoisotopic (exact) mass is 875 g/mol. The van der Waals surface area contributed by atoms with E-state index in [1.807, 2.05) is 10.8 Å². The molecule has 18 heteroatoms. The summed E-state index contributed by atoms with van der Waals surface area (Å²) in [5.74, 6) is -10.5. The van der Waals surface area contributed by atoms with Gasteiger partial charge < -0.3 is 19.7 Å². The van der Waals surface area contributed by atoms with E-state index in [0.717, 1.165) is 6.08 Å². The molecule has 2 amide bonds. The van der Waals surface area contributed by atoms with Crippen molar-refractivity contribution in [1.29, 1.82) is 5.26 Å². The number of amides is 2. The number of halogens is 4. The summed E-state index contributed by atoms with van der Waals surface area (Å²) in [6.45, 7) is 8.08. The molecule has 61 heavy (non-hydrogen) atoms. The van der Waals surface area contributed by atoms with Gasteiger partial charge >= 0.3 is 5.97 Å². The van der Waals surface area contributed by atoms with Crippen molar-refractivity contribution in [2.45, 2.75) is 140 Å². The van der Waals surface area contributed by atoms with Gasteiger partial charge in [0, 0.05) is 24.7 Å². The first kappa shape index (κ1) is 44.5. The molecule has 0 spiro atoms. The molecule has 3 aliphatic heterocycles. The van der Waals surface area contributed by atoms with Gasteiger partial charge in [-0.15, -0.1) is 0 Å². The zero-order valence-corrected chi connectivity index (χ0v) is 35.7. The van der Waals surface area contributed by atoms with E-state index >= 15 is 8.78 Å². The van der Waals surface area contributed by atoms with Crippen LogP contribution in [-0.2, 0) is 38.7 Å². The predicted octanol–water partition coefficient (Wildman–Crippen LogP) is 6.59. The fourth-order valence-corrected chi connectivity index (χ4v) is 10.5. The third-order valence-corrected chi connectivity index (χ3v) is 15.7. The number of nitriles is 1. The number of esters is 1. The molecule has 6 aliphatic rings. The number of benzene rings is 1. The molecule has 2 bridgehead atoms.